The normalized spacial score (nSPS) is 14.4. The third kappa shape index (κ3) is 16.8. The molecule has 20 nitrogen and oxygen atoms in total. The van der Waals surface area contributed by atoms with Crippen LogP contribution in [-0.2, 0) is 62.3 Å². The van der Waals surface area contributed by atoms with Gasteiger partial charge >= 0.3 is 5.97 Å². The maximum absolute atomic E-state index is 13.0. The van der Waals surface area contributed by atoms with E-state index in [1.165, 1.54) is 7.11 Å². The van der Waals surface area contributed by atoms with Crippen LogP contribution in [0.2, 0.25) is 0 Å². The molecule has 2 aliphatic rings. The van der Waals surface area contributed by atoms with E-state index in [1.807, 2.05) is 0 Å². The quantitative estimate of drug-likeness (QED) is 0.0461. The Labute approximate surface area is 293 Å². The van der Waals surface area contributed by atoms with E-state index in [0.717, 1.165) is 17.1 Å². The van der Waals surface area contributed by atoms with Crippen LogP contribution in [0.1, 0.15) is 57.8 Å². The first-order valence-electron chi connectivity index (χ1n) is 16.4. The number of nitrogens with zero attached hydrogens (tertiary/aromatic N) is 2. The summed E-state index contributed by atoms with van der Waals surface area (Å²) < 4.78 is 9.99. The highest BCUT2D eigenvalue weighted by molar-refractivity contribution is 6.12. The first kappa shape index (κ1) is 41.9. The number of nitrogens with one attached hydrogen (secondary N) is 5. The van der Waals surface area contributed by atoms with Gasteiger partial charge in [0.25, 0.3) is 23.6 Å². The number of hydrogen-bond donors (Lipinski definition) is 5. The van der Waals surface area contributed by atoms with Gasteiger partial charge in [-0.2, -0.15) is 0 Å². The Hall–Kier alpha value is -5.24. The van der Waals surface area contributed by atoms with Crippen molar-refractivity contribution in [3.8, 4) is 0 Å². The number of amides is 9. The van der Waals surface area contributed by atoms with Gasteiger partial charge in [-0.25, -0.2) is 4.79 Å². The Morgan fingerprint density at radius 1 is 0.725 bits per heavy atom. The lowest BCUT2D eigenvalue weighted by atomic mass is 10.1. The van der Waals surface area contributed by atoms with Gasteiger partial charge in [0.15, 0.2) is 0 Å². The van der Waals surface area contributed by atoms with Gasteiger partial charge in [-0.3, -0.25) is 48.1 Å². The molecule has 0 saturated carbocycles. The fourth-order valence-corrected chi connectivity index (χ4v) is 4.52. The van der Waals surface area contributed by atoms with E-state index in [0.29, 0.717) is 31.1 Å². The Balaban J connectivity index is 1.70. The van der Waals surface area contributed by atoms with E-state index in [4.69, 9.17) is 9.47 Å². The molecular formula is C31H45N7O13. The number of ether oxygens (including phenoxy) is 2. The average molecular weight is 724 g/mol. The zero-order valence-electron chi connectivity index (χ0n) is 28.5. The van der Waals surface area contributed by atoms with Crippen LogP contribution in [-0.4, -0.2) is 135 Å². The molecule has 9 amide bonds. The van der Waals surface area contributed by atoms with Gasteiger partial charge in [-0.05, 0) is 32.1 Å². The number of carbonyl (C=O) groups is 10. The molecule has 2 aliphatic heterocycles. The van der Waals surface area contributed by atoms with Gasteiger partial charge < -0.3 is 40.9 Å². The van der Waals surface area contributed by atoms with Crippen LogP contribution < -0.4 is 26.6 Å². The molecule has 2 heterocycles. The molecule has 1 atom stereocenters. The van der Waals surface area contributed by atoms with Crippen molar-refractivity contribution in [2.75, 3.05) is 59.7 Å². The lowest BCUT2D eigenvalue weighted by molar-refractivity contribution is -0.196. The number of unbranched alkanes of at least 4 members (excludes halogenated alkanes) is 1. The van der Waals surface area contributed by atoms with Crippen molar-refractivity contribution in [3.05, 3.63) is 12.2 Å². The highest BCUT2D eigenvalue weighted by Crippen LogP contribution is 2.12. The number of hydrogen-bond acceptors (Lipinski definition) is 13. The predicted octanol–water partition coefficient (Wildman–Crippen LogP) is -3.14. The summed E-state index contributed by atoms with van der Waals surface area (Å²) in [7, 11) is 1.52. The van der Waals surface area contributed by atoms with Crippen LogP contribution in [0, 0.1) is 0 Å². The van der Waals surface area contributed by atoms with Gasteiger partial charge in [-0.15, -0.1) is 5.06 Å². The van der Waals surface area contributed by atoms with Crippen LogP contribution in [0.25, 0.3) is 0 Å². The minimum atomic E-state index is -1.04. The average Bonchev–Trinajstić information content (AvgIpc) is 3.59. The Morgan fingerprint density at radius 2 is 1.37 bits per heavy atom. The highest BCUT2D eigenvalue weighted by Gasteiger charge is 2.33. The van der Waals surface area contributed by atoms with Gasteiger partial charge in [-0.1, -0.05) is 0 Å². The molecule has 282 valence electrons. The highest BCUT2D eigenvalue weighted by atomic mass is 16.7. The van der Waals surface area contributed by atoms with E-state index in [1.54, 1.807) is 0 Å². The largest absolute Gasteiger partial charge is 0.382 e. The Kier molecular flexibility index (Phi) is 19.1. The summed E-state index contributed by atoms with van der Waals surface area (Å²) in [5, 5.41) is 12.9. The number of imide groups is 2. The summed E-state index contributed by atoms with van der Waals surface area (Å²) in [4.78, 5) is 125. The van der Waals surface area contributed by atoms with Crippen molar-refractivity contribution in [1.82, 2.24) is 36.5 Å². The van der Waals surface area contributed by atoms with Crippen LogP contribution in [0.3, 0.4) is 0 Å². The summed E-state index contributed by atoms with van der Waals surface area (Å²) in [5.41, 5.74) is 0. The topological polar surface area (TPSA) is 265 Å². The van der Waals surface area contributed by atoms with Crippen LogP contribution in [0.4, 0.5) is 0 Å². The summed E-state index contributed by atoms with van der Waals surface area (Å²) in [6.45, 7) is -0.158. The molecule has 0 radical (unpaired) electrons. The number of methoxy groups -OCH3 is 1. The summed E-state index contributed by atoms with van der Waals surface area (Å²) in [6, 6.07) is -0.937. The first-order valence-corrected chi connectivity index (χ1v) is 16.4. The number of rotatable bonds is 25. The van der Waals surface area contributed by atoms with Gasteiger partial charge in [0, 0.05) is 64.6 Å². The molecule has 2 rings (SSSR count). The lowest BCUT2D eigenvalue weighted by Crippen LogP contribution is -2.47. The standard InChI is InChI=1S/C31H45N7O13/c1-49-16-17-50-20-25(42)32-13-3-2-6-21(36-23(40)8-5-15-37-26(43)9-10-27(37)44)31(48)33-14-4-7-22(39)34-18-24(41)35-19-30(47)51-38-28(45)11-12-29(38)46/h9-10,21H,2-8,11-20H2,1H3,(H,32,42)(H,33,48)(H,34,39)(H,35,41)(H,36,40)/t21-/m0/s1. The van der Waals surface area contributed by atoms with E-state index in [-0.39, 0.29) is 77.2 Å². The van der Waals surface area contributed by atoms with Crippen molar-refractivity contribution in [1.29, 1.82) is 0 Å². The molecule has 0 aliphatic carbocycles. The summed E-state index contributed by atoms with van der Waals surface area (Å²) in [5.74, 6) is -5.81. The molecule has 0 aromatic carbocycles. The molecule has 5 N–H and O–H groups in total. The van der Waals surface area contributed by atoms with Crippen LogP contribution in [0.15, 0.2) is 12.2 Å². The molecule has 1 saturated heterocycles. The van der Waals surface area contributed by atoms with E-state index < -0.39 is 72.4 Å². The van der Waals surface area contributed by atoms with Crippen molar-refractivity contribution < 1.29 is 62.3 Å². The second-order valence-corrected chi connectivity index (χ2v) is 11.3. The molecule has 0 aromatic rings. The minimum Gasteiger partial charge on any atom is -0.382 e. The first-order chi connectivity index (χ1) is 24.4. The molecular weight excluding hydrogens is 678 g/mol. The van der Waals surface area contributed by atoms with Crippen molar-refractivity contribution in [2.45, 2.75) is 63.8 Å². The van der Waals surface area contributed by atoms with Crippen molar-refractivity contribution in [3.63, 3.8) is 0 Å². The third-order valence-electron chi connectivity index (χ3n) is 7.20. The van der Waals surface area contributed by atoms with E-state index in [2.05, 4.69) is 31.4 Å². The van der Waals surface area contributed by atoms with Crippen LogP contribution in [0.5, 0.6) is 0 Å². The zero-order valence-corrected chi connectivity index (χ0v) is 28.5. The smallest absolute Gasteiger partial charge is 0.352 e. The van der Waals surface area contributed by atoms with Crippen molar-refractivity contribution in [2.24, 2.45) is 0 Å². The number of carbonyl (C=O) groups excluding carboxylic acids is 10. The second-order valence-electron chi connectivity index (χ2n) is 11.3. The molecule has 0 spiro atoms. The minimum absolute atomic E-state index is 0.0448. The molecule has 0 bridgehead atoms. The third-order valence-corrected chi connectivity index (χ3v) is 7.20. The maximum atomic E-state index is 13.0. The maximum Gasteiger partial charge on any atom is 0.352 e. The fourth-order valence-electron chi connectivity index (χ4n) is 4.52. The van der Waals surface area contributed by atoms with E-state index in [9.17, 15) is 47.9 Å². The fraction of sp³-hybridized carbons (Fsp3) is 0.613. The lowest BCUT2D eigenvalue weighted by Gasteiger charge is -2.19. The zero-order chi connectivity index (χ0) is 37.6. The molecule has 20 heteroatoms. The summed E-state index contributed by atoms with van der Waals surface area (Å²) in [6.07, 6.45) is 3.61. The predicted molar refractivity (Wildman–Crippen MR) is 172 cm³/mol. The SMILES string of the molecule is COCCOCC(=O)NCCCC[C@H](NC(=O)CCCN1C(=O)C=CC1=O)C(=O)NCCCC(=O)NCC(=O)NCC(=O)ON1C(=O)CCC1=O. The molecule has 0 unspecified atom stereocenters. The monoisotopic (exact) mass is 723 g/mol. The summed E-state index contributed by atoms with van der Waals surface area (Å²) >= 11 is 0. The van der Waals surface area contributed by atoms with Gasteiger partial charge in [0.1, 0.15) is 19.2 Å². The van der Waals surface area contributed by atoms with Gasteiger partial charge in [0.2, 0.25) is 29.5 Å². The Morgan fingerprint density at radius 3 is 2.06 bits per heavy atom. The number of hydroxylamine groups is 2. The van der Waals surface area contributed by atoms with Crippen LogP contribution >= 0.6 is 0 Å². The van der Waals surface area contributed by atoms with Gasteiger partial charge in [0.05, 0.1) is 19.8 Å². The molecule has 51 heavy (non-hydrogen) atoms. The molecule has 0 aromatic heterocycles. The second kappa shape index (κ2) is 23.2. The Bertz CT molecular complexity index is 1300. The van der Waals surface area contributed by atoms with E-state index >= 15 is 0 Å². The van der Waals surface area contributed by atoms with Crippen molar-refractivity contribution >= 4 is 59.1 Å². The molecule has 1 fully saturated rings.